The van der Waals surface area contributed by atoms with Crippen molar-refractivity contribution in [3.63, 3.8) is 0 Å². The van der Waals surface area contributed by atoms with Gasteiger partial charge in [0.2, 0.25) is 0 Å². The fraction of sp³-hybridized carbons (Fsp3) is 1.00. The Morgan fingerprint density at radius 1 is 0.808 bits per heavy atom. The van der Waals surface area contributed by atoms with Gasteiger partial charge in [-0.3, -0.25) is 0 Å². The van der Waals surface area contributed by atoms with Crippen LogP contribution in [-0.4, -0.2) is 0 Å². The molecule has 2 rings (SSSR count). The average Bonchev–Trinajstić information content (AvgIpc) is 2.64. The van der Waals surface area contributed by atoms with Crippen molar-refractivity contribution in [3.8, 4) is 0 Å². The van der Waals surface area contributed by atoms with Gasteiger partial charge >= 0.3 is 0 Å². The van der Waals surface area contributed by atoms with Crippen molar-refractivity contribution in [2.75, 3.05) is 0 Å². The largest absolute Gasteiger partial charge is 0.0654 e. The molecular formula is C26H50. The summed E-state index contributed by atoms with van der Waals surface area (Å²) in [5.41, 5.74) is 0.758. The molecule has 0 saturated heterocycles. The first kappa shape index (κ1) is 22.3. The zero-order valence-electron chi connectivity index (χ0n) is 19.0. The second kappa shape index (κ2) is 11.1. The van der Waals surface area contributed by atoms with Crippen LogP contribution in [0.4, 0.5) is 0 Å². The minimum Gasteiger partial charge on any atom is -0.0654 e. The Morgan fingerprint density at radius 2 is 1.54 bits per heavy atom. The molecule has 26 heavy (non-hydrogen) atoms. The Labute approximate surface area is 166 Å². The van der Waals surface area contributed by atoms with E-state index < -0.39 is 0 Å². The zero-order valence-corrected chi connectivity index (χ0v) is 19.0. The Kier molecular flexibility index (Phi) is 9.53. The van der Waals surface area contributed by atoms with Crippen molar-refractivity contribution in [1.29, 1.82) is 0 Å². The topological polar surface area (TPSA) is 0 Å². The molecule has 0 aliphatic heterocycles. The van der Waals surface area contributed by atoms with Gasteiger partial charge in [-0.15, -0.1) is 0 Å². The lowest BCUT2D eigenvalue weighted by Gasteiger charge is -2.56. The Morgan fingerprint density at radius 3 is 2.12 bits per heavy atom. The van der Waals surface area contributed by atoms with Crippen LogP contribution in [0.15, 0.2) is 0 Å². The first-order chi connectivity index (χ1) is 12.6. The van der Waals surface area contributed by atoms with Crippen molar-refractivity contribution in [1.82, 2.24) is 0 Å². The summed E-state index contributed by atoms with van der Waals surface area (Å²) in [7, 11) is 0. The van der Waals surface area contributed by atoms with Crippen LogP contribution >= 0.6 is 0 Å². The molecule has 0 amide bonds. The summed E-state index contributed by atoms with van der Waals surface area (Å²) >= 11 is 0. The molecule has 0 aromatic carbocycles. The molecule has 0 N–H and O–H groups in total. The third-order valence-corrected chi connectivity index (χ3v) is 9.02. The number of rotatable bonds is 11. The molecule has 5 unspecified atom stereocenters. The fourth-order valence-electron chi connectivity index (χ4n) is 6.85. The third kappa shape index (κ3) is 5.29. The molecule has 0 radical (unpaired) electrons. The van der Waals surface area contributed by atoms with Gasteiger partial charge in [-0.1, -0.05) is 79.6 Å². The Bertz CT molecular complexity index is 356. The van der Waals surface area contributed by atoms with Crippen LogP contribution in [0.2, 0.25) is 0 Å². The fourth-order valence-corrected chi connectivity index (χ4v) is 6.85. The standard InChI is InChI=1S/C26H50/c1-6-10-11-23(15-13-22(8-3)9-4)24-14-12-21(5)26(19-7-2)20-18-25(26)17-16-24/h21-25H,6-20H2,1-5H3. The molecule has 2 aliphatic rings. The SMILES string of the molecule is CCCCC(CCC(CC)CC)C1CCC(C)C2(CCC)CCC2CC1. The van der Waals surface area contributed by atoms with Gasteiger partial charge in [-0.25, -0.2) is 0 Å². The molecule has 5 atom stereocenters. The van der Waals surface area contributed by atoms with Gasteiger partial charge in [-0.2, -0.15) is 0 Å². The summed E-state index contributed by atoms with van der Waals surface area (Å²) in [5.74, 6) is 5.11. The van der Waals surface area contributed by atoms with Crippen molar-refractivity contribution in [2.45, 2.75) is 131 Å². The second-order valence-corrected chi connectivity index (χ2v) is 10.2. The van der Waals surface area contributed by atoms with Crippen LogP contribution in [-0.2, 0) is 0 Å². The summed E-state index contributed by atoms with van der Waals surface area (Å²) in [6.07, 6.45) is 22.3. The second-order valence-electron chi connectivity index (χ2n) is 10.2. The first-order valence-electron chi connectivity index (χ1n) is 12.6. The molecular weight excluding hydrogens is 312 g/mol. The molecule has 2 fully saturated rings. The summed E-state index contributed by atoms with van der Waals surface area (Å²) in [6.45, 7) is 12.2. The highest BCUT2D eigenvalue weighted by atomic mass is 14.5. The summed E-state index contributed by atoms with van der Waals surface area (Å²) in [6, 6.07) is 0. The quantitative estimate of drug-likeness (QED) is 0.344. The van der Waals surface area contributed by atoms with Crippen molar-refractivity contribution in [3.05, 3.63) is 0 Å². The molecule has 0 aromatic heterocycles. The van der Waals surface area contributed by atoms with Crippen LogP contribution in [0.5, 0.6) is 0 Å². The predicted molar refractivity (Wildman–Crippen MR) is 118 cm³/mol. The van der Waals surface area contributed by atoms with E-state index in [1.165, 1.54) is 70.6 Å². The van der Waals surface area contributed by atoms with E-state index in [2.05, 4.69) is 34.6 Å². The summed E-state index contributed by atoms with van der Waals surface area (Å²) in [5, 5.41) is 0. The number of hydrogen-bond donors (Lipinski definition) is 0. The normalized spacial score (nSPS) is 33.2. The van der Waals surface area contributed by atoms with E-state index >= 15 is 0 Å². The Hall–Kier alpha value is 0. The van der Waals surface area contributed by atoms with Gasteiger partial charge in [0.05, 0.1) is 0 Å². The highest BCUT2D eigenvalue weighted by molar-refractivity contribution is 5.00. The highest BCUT2D eigenvalue weighted by Crippen LogP contribution is 2.59. The maximum atomic E-state index is 2.62. The molecule has 154 valence electrons. The number of fused-ring (bicyclic) bond motifs is 1. The van der Waals surface area contributed by atoms with Gasteiger partial charge in [-0.05, 0) is 86.4 Å². The Balaban J connectivity index is 1.97. The lowest BCUT2D eigenvalue weighted by atomic mass is 9.49. The van der Waals surface area contributed by atoms with E-state index in [0.717, 1.165) is 35.0 Å². The van der Waals surface area contributed by atoms with Gasteiger partial charge in [0.1, 0.15) is 0 Å². The van der Waals surface area contributed by atoms with Crippen LogP contribution in [0.3, 0.4) is 0 Å². The van der Waals surface area contributed by atoms with Gasteiger partial charge in [0, 0.05) is 0 Å². The maximum Gasteiger partial charge on any atom is -0.0243 e. The molecule has 0 spiro atoms. The van der Waals surface area contributed by atoms with Crippen LogP contribution in [0.25, 0.3) is 0 Å². The van der Waals surface area contributed by atoms with Crippen molar-refractivity contribution < 1.29 is 0 Å². The highest BCUT2D eigenvalue weighted by Gasteiger charge is 2.49. The molecule has 0 heteroatoms. The van der Waals surface area contributed by atoms with E-state index in [0.29, 0.717) is 0 Å². The van der Waals surface area contributed by atoms with E-state index in [4.69, 9.17) is 0 Å². The minimum atomic E-state index is 0.758. The van der Waals surface area contributed by atoms with E-state index in [1.807, 2.05) is 0 Å². The number of unbranched alkanes of at least 4 members (excludes halogenated alkanes) is 1. The van der Waals surface area contributed by atoms with E-state index in [1.54, 1.807) is 25.7 Å². The molecule has 2 saturated carbocycles. The summed E-state index contributed by atoms with van der Waals surface area (Å²) in [4.78, 5) is 0. The molecule has 0 aromatic rings. The van der Waals surface area contributed by atoms with Crippen molar-refractivity contribution >= 4 is 0 Å². The third-order valence-electron chi connectivity index (χ3n) is 9.02. The van der Waals surface area contributed by atoms with Crippen LogP contribution in [0, 0.1) is 35.0 Å². The molecule has 2 aliphatic carbocycles. The van der Waals surface area contributed by atoms with Gasteiger partial charge in [0.15, 0.2) is 0 Å². The van der Waals surface area contributed by atoms with Gasteiger partial charge < -0.3 is 0 Å². The lowest BCUT2D eigenvalue weighted by Crippen LogP contribution is -2.46. The predicted octanol–water partition coefficient (Wildman–Crippen LogP) is 9.03. The lowest BCUT2D eigenvalue weighted by molar-refractivity contribution is -0.0597. The van der Waals surface area contributed by atoms with Gasteiger partial charge in [0.25, 0.3) is 0 Å². The smallest absolute Gasteiger partial charge is 0.0243 e. The first-order valence-corrected chi connectivity index (χ1v) is 12.6. The average molecular weight is 363 g/mol. The molecule has 0 bridgehead atoms. The number of hydrogen-bond acceptors (Lipinski definition) is 0. The van der Waals surface area contributed by atoms with E-state index in [-0.39, 0.29) is 0 Å². The summed E-state index contributed by atoms with van der Waals surface area (Å²) < 4.78 is 0. The van der Waals surface area contributed by atoms with Crippen molar-refractivity contribution in [2.24, 2.45) is 35.0 Å². The minimum absolute atomic E-state index is 0.758. The molecule has 0 nitrogen and oxygen atoms in total. The zero-order chi connectivity index (χ0) is 19.0. The maximum absolute atomic E-state index is 2.62. The monoisotopic (exact) mass is 362 g/mol. The molecule has 0 heterocycles. The van der Waals surface area contributed by atoms with Crippen LogP contribution < -0.4 is 0 Å². The van der Waals surface area contributed by atoms with Crippen LogP contribution in [0.1, 0.15) is 131 Å². The van der Waals surface area contributed by atoms with E-state index in [9.17, 15) is 0 Å².